The van der Waals surface area contributed by atoms with E-state index in [4.69, 9.17) is 4.91 Å². The molecule has 0 aliphatic rings. The Balaban J connectivity index is 2.40. The first-order valence-electron chi connectivity index (χ1n) is 0.846. The summed E-state index contributed by atoms with van der Waals surface area (Å²) in [6.07, 6.45) is 0. The lowest BCUT2D eigenvalue weighted by atomic mass is 12.7. The third-order valence-electron chi connectivity index (χ3n) is 0.0900. The maximum atomic E-state index is 8.84. The van der Waals surface area contributed by atoms with Gasteiger partial charge in [-0.05, 0) is 0 Å². The molecule has 0 amide bonds. The average molecular weight is 77.0 g/mol. The van der Waals surface area contributed by atoms with Crippen LogP contribution in [-0.2, 0) is 4.94 Å². The summed E-state index contributed by atoms with van der Waals surface area (Å²) in [5.74, 6) is 4.23. The molecule has 0 saturated carbocycles. The van der Waals surface area contributed by atoms with E-state index < -0.39 is 0 Å². The van der Waals surface area contributed by atoms with Gasteiger partial charge in [0.25, 0.3) is 0 Å². The van der Waals surface area contributed by atoms with Gasteiger partial charge in [-0.1, -0.05) is 0 Å². The fraction of sp³-hybridized carbons (Fsp3) is 0. The first-order valence-corrected chi connectivity index (χ1v) is 0.846. The van der Waals surface area contributed by atoms with Crippen molar-refractivity contribution in [1.29, 1.82) is 0 Å². The lowest BCUT2D eigenvalue weighted by Gasteiger charge is -1.78. The smallest absolute Gasteiger partial charge is 0.0777 e. The van der Waals surface area contributed by atoms with Crippen LogP contribution in [0.25, 0.3) is 0 Å². The number of nitrogens with one attached hydrogen (secondary N) is 1. The van der Waals surface area contributed by atoms with Crippen molar-refractivity contribution < 1.29 is 4.94 Å². The number of nitrogens with zero attached hydrogens (tertiary/aromatic N) is 1. The second-order valence-corrected chi connectivity index (χ2v) is 0.300. The van der Waals surface area contributed by atoms with Crippen LogP contribution in [0.1, 0.15) is 0 Å². The van der Waals surface area contributed by atoms with Gasteiger partial charge in [0.05, 0.1) is 5.29 Å². The summed E-state index contributed by atoms with van der Waals surface area (Å²) in [7, 11) is 0. The SMILES string of the molecule is NONN=O. The van der Waals surface area contributed by atoms with Crippen molar-refractivity contribution in [1.82, 2.24) is 5.59 Å². The van der Waals surface area contributed by atoms with Crippen LogP contribution in [0.2, 0.25) is 0 Å². The predicted octanol–water partition coefficient (Wildman–Crippen LogP) is -0.937. The Morgan fingerprint density at radius 2 is 2.60 bits per heavy atom. The van der Waals surface area contributed by atoms with Gasteiger partial charge in [0.15, 0.2) is 0 Å². The highest BCUT2D eigenvalue weighted by Crippen LogP contribution is 1.41. The fourth-order valence-corrected chi connectivity index (χ4v) is 0.0215. The standard InChI is InChI=1S/H3N3O2/c1-5-3-2-4/h1H2,(H,3,4). The normalized spacial score (nSPS) is 6.60. The van der Waals surface area contributed by atoms with Crippen LogP contribution in [0, 0.1) is 4.91 Å². The van der Waals surface area contributed by atoms with Gasteiger partial charge >= 0.3 is 0 Å². The monoisotopic (exact) mass is 77.0 g/mol. The van der Waals surface area contributed by atoms with Crippen molar-refractivity contribution in [2.45, 2.75) is 0 Å². The van der Waals surface area contributed by atoms with Gasteiger partial charge in [0.2, 0.25) is 0 Å². The lowest BCUT2D eigenvalue weighted by Crippen LogP contribution is -2.10. The highest BCUT2D eigenvalue weighted by Gasteiger charge is 1.57. The quantitative estimate of drug-likeness (QED) is 0.329. The molecule has 0 atom stereocenters. The molecule has 0 aromatic carbocycles. The maximum absolute atomic E-state index is 8.84. The van der Waals surface area contributed by atoms with Crippen LogP contribution in [0.3, 0.4) is 0 Å². The van der Waals surface area contributed by atoms with Crippen molar-refractivity contribution in [3.8, 4) is 0 Å². The zero-order valence-electron chi connectivity index (χ0n) is 2.34. The Hall–Kier alpha value is -0.680. The van der Waals surface area contributed by atoms with Crippen molar-refractivity contribution in [3.05, 3.63) is 4.91 Å². The molecule has 0 fully saturated rings. The van der Waals surface area contributed by atoms with E-state index in [1.165, 1.54) is 5.59 Å². The fourth-order valence-electron chi connectivity index (χ4n) is 0.0215. The first kappa shape index (κ1) is 4.32. The van der Waals surface area contributed by atoms with E-state index in [0.29, 0.717) is 0 Å². The van der Waals surface area contributed by atoms with Crippen LogP contribution in [0.4, 0.5) is 0 Å². The molecule has 5 heavy (non-hydrogen) atoms. The molecule has 0 heterocycles. The summed E-state index contributed by atoms with van der Waals surface area (Å²) in [5.41, 5.74) is 1.46. The van der Waals surface area contributed by atoms with E-state index in [-0.39, 0.29) is 0 Å². The molecule has 0 spiro atoms. The second-order valence-electron chi connectivity index (χ2n) is 0.300. The van der Waals surface area contributed by atoms with Crippen LogP contribution >= 0.6 is 0 Å². The molecule has 0 bridgehead atoms. The Morgan fingerprint density at radius 1 is 2.00 bits per heavy atom. The van der Waals surface area contributed by atoms with E-state index >= 15 is 0 Å². The van der Waals surface area contributed by atoms with Crippen LogP contribution in [0.5, 0.6) is 0 Å². The Kier molecular flexibility index (Phi) is 2.87. The molecule has 0 aliphatic heterocycles. The minimum atomic E-state index is 1.46. The predicted molar refractivity (Wildman–Crippen MR) is 14.2 cm³/mol. The average Bonchev–Trinajstić information content (AvgIpc) is 1.41. The molecular weight excluding hydrogens is 74.0 g/mol. The van der Waals surface area contributed by atoms with Gasteiger partial charge in [-0.25, -0.2) is 0 Å². The Labute approximate surface area is 28.0 Å². The molecule has 3 N–H and O–H groups in total. The number of rotatable bonds is 2. The number of hydrogen-bond acceptors (Lipinski definition) is 4. The largest absolute Gasteiger partial charge is 0.188 e. The third-order valence-corrected chi connectivity index (χ3v) is 0.0900. The molecule has 0 aromatic heterocycles. The molecule has 0 aliphatic carbocycles. The molecule has 0 radical (unpaired) electrons. The van der Waals surface area contributed by atoms with Gasteiger partial charge in [-0.15, -0.1) is 10.5 Å². The summed E-state index contributed by atoms with van der Waals surface area (Å²) in [5, 5.41) is 2.01. The van der Waals surface area contributed by atoms with Crippen LogP contribution < -0.4 is 11.5 Å². The molecule has 0 aromatic rings. The Morgan fingerprint density at radius 3 is 2.60 bits per heavy atom. The summed E-state index contributed by atoms with van der Waals surface area (Å²) in [6.45, 7) is 0. The molecule has 0 saturated heterocycles. The van der Waals surface area contributed by atoms with Gasteiger partial charge < -0.3 is 0 Å². The molecule has 0 unspecified atom stereocenters. The summed E-state index contributed by atoms with van der Waals surface area (Å²) >= 11 is 0. The summed E-state index contributed by atoms with van der Waals surface area (Å²) < 4.78 is 0. The molecular formula is H3N3O2. The van der Waals surface area contributed by atoms with E-state index in [9.17, 15) is 0 Å². The highest BCUT2D eigenvalue weighted by molar-refractivity contribution is 3.98. The molecule has 5 nitrogen and oxygen atoms in total. The van der Waals surface area contributed by atoms with Crippen molar-refractivity contribution in [3.63, 3.8) is 0 Å². The zero-order valence-corrected chi connectivity index (χ0v) is 2.34. The topological polar surface area (TPSA) is 76.7 Å². The van der Waals surface area contributed by atoms with Crippen molar-refractivity contribution in [2.75, 3.05) is 0 Å². The molecule has 0 rings (SSSR count). The zero-order chi connectivity index (χ0) is 4.12. The van der Waals surface area contributed by atoms with Gasteiger partial charge in [-0.2, -0.15) is 10.8 Å². The minimum absolute atomic E-state index is 1.46. The second kappa shape index (κ2) is 3.32. The highest BCUT2D eigenvalue weighted by atomic mass is 16.8. The number of hydrogen-bond donors (Lipinski definition) is 2. The minimum Gasteiger partial charge on any atom is -0.188 e. The maximum Gasteiger partial charge on any atom is 0.0777 e. The molecule has 5 heteroatoms. The van der Waals surface area contributed by atoms with Crippen LogP contribution in [0.15, 0.2) is 5.29 Å². The molecule has 30 valence electrons. The van der Waals surface area contributed by atoms with E-state index in [1.54, 1.807) is 0 Å². The van der Waals surface area contributed by atoms with Gasteiger partial charge in [0.1, 0.15) is 0 Å². The van der Waals surface area contributed by atoms with E-state index in [1.807, 2.05) is 5.29 Å². The third kappa shape index (κ3) is 3.32. The van der Waals surface area contributed by atoms with Crippen molar-refractivity contribution >= 4 is 0 Å². The van der Waals surface area contributed by atoms with Gasteiger partial charge in [-0.3, -0.25) is 0 Å². The first-order chi connectivity index (χ1) is 2.41. The van der Waals surface area contributed by atoms with Crippen molar-refractivity contribution in [2.24, 2.45) is 11.2 Å². The van der Waals surface area contributed by atoms with E-state index in [0.717, 1.165) is 0 Å². The van der Waals surface area contributed by atoms with Gasteiger partial charge in [0, 0.05) is 0 Å². The van der Waals surface area contributed by atoms with Crippen LogP contribution in [-0.4, -0.2) is 0 Å². The summed E-state index contributed by atoms with van der Waals surface area (Å²) in [4.78, 5) is 12.3. The van der Waals surface area contributed by atoms with E-state index in [2.05, 4.69) is 10.8 Å². The lowest BCUT2D eigenvalue weighted by molar-refractivity contribution is 0.0417. The number of nitroso groups, excluding NO2 is 1. The summed E-state index contributed by atoms with van der Waals surface area (Å²) in [6, 6.07) is 0. The Bertz CT molecular complexity index is 26.1. The number of nitrogens with two attached hydrogens (primary N) is 1.